The van der Waals surface area contributed by atoms with Crippen molar-refractivity contribution in [3.05, 3.63) is 35.5 Å². The van der Waals surface area contributed by atoms with Gasteiger partial charge in [-0.1, -0.05) is 13.8 Å². The summed E-state index contributed by atoms with van der Waals surface area (Å²) in [5, 5.41) is 0. The van der Waals surface area contributed by atoms with E-state index in [1.165, 1.54) is 14.2 Å². The van der Waals surface area contributed by atoms with Crippen LogP contribution < -0.4 is 9.80 Å². The normalized spacial score (nSPS) is 17.1. The Balaban J connectivity index is 1.77. The molecule has 168 valence electrons. The van der Waals surface area contributed by atoms with Gasteiger partial charge in [-0.3, -0.25) is 4.79 Å². The minimum Gasteiger partial charge on any atom is -0.466 e. The summed E-state index contributed by atoms with van der Waals surface area (Å²) >= 11 is 0. The summed E-state index contributed by atoms with van der Waals surface area (Å²) in [6.45, 7) is 6.81. The summed E-state index contributed by atoms with van der Waals surface area (Å²) in [4.78, 5) is 42.4. The molecule has 0 aromatic heterocycles. The maximum absolute atomic E-state index is 12.4. The van der Waals surface area contributed by atoms with Crippen LogP contribution in [0.3, 0.4) is 0 Å². The van der Waals surface area contributed by atoms with E-state index in [2.05, 4.69) is 4.90 Å². The molecule has 1 amide bonds. The number of carbonyl (C=O) groups excluding carboxylic acids is 3. The molecule has 1 saturated heterocycles. The largest absolute Gasteiger partial charge is 0.466 e. The number of amides is 1. The Morgan fingerprint density at radius 3 is 2.03 bits per heavy atom. The van der Waals surface area contributed by atoms with E-state index in [-0.39, 0.29) is 36.4 Å². The van der Waals surface area contributed by atoms with Crippen molar-refractivity contribution in [2.45, 2.75) is 13.8 Å². The number of carbonyl (C=O) groups is 3. The number of ether oxygens (including phenoxy) is 3. The highest BCUT2D eigenvalue weighted by molar-refractivity contribution is 6.03. The molecule has 0 atom stereocenters. The van der Waals surface area contributed by atoms with Gasteiger partial charge in [0.25, 0.3) is 0 Å². The van der Waals surface area contributed by atoms with Crippen molar-refractivity contribution in [2.75, 3.05) is 63.5 Å². The number of rotatable bonds is 5. The van der Waals surface area contributed by atoms with Crippen LogP contribution in [-0.4, -0.2) is 76.5 Å². The fourth-order valence-electron chi connectivity index (χ4n) is 3.74. The Labute approximate surface area is 182 Å². The highest BCUT2D eigenvalue weighted by Crippen LogP contribution is 2.29. The molecule has 2 heterocycles. The maximum Gasteiger partial charge on any atom is 0.355 e. The van der Waals surface area contributed by atoms with Crippen LogP contribution in [0.2, 0.25) is 0 Å². The van der Waals surface area contributed by atoms with Gasteiger partial charge >= 0.3 is 11.9 Å². The van der Waals surface area contributed by atoms with Crippen LogP contribution in [0, 0.1) is 5.92 Å². The van der Waals surface area contributed by atoms with Crippen molar-refractivity contribution in [1.82, 2.24) is 4.90 Å². The van der Waals surface area contributed by atoms with E-state index in [0.717, 1.165) is 18.8 Å². The zero-order valence-corrected chi connectivity index (χ0v) is 18.4. The molecule has 2 aliphatic rings. The lowest BCUT2D eigenvalue weighted by Gasteiger charge is -2.37. The predicted molar refractivity (Wildman–Crippen MR) is 114 cm³/mol. The minimum absolute atomic E-state index is 0.00420. The Bertz CT molecular complexity index is 857. The summed E-state index contributed by atoms with van der Waals surface area (Å²) in [5.74, 6) is -1.07. The van der Waals surface area contributed by atoms with Gasteiger partial charge in [0.1, 0.15) is 12.4 Å². The van der Waals surface area contributed by atoms with Crippen LogP contribution in [0.15, 0.2) is 35.5 Å². The summed E-state index contributed by atoms with van der Waals surface area (Å²) in [5.41, 5.74) is 1.96. The van der Waals surface area contributed by atoms with Gasteiger partial charge in [-0.2, -0.15) is 0 Å². The van der Waals surface area contributed by atoms with Crippen molar-refractivity contribution in [2.24, 2.45) is 5.92 Å². The van der Waals surface area contributed by atoms with Crippen molar-refractivity contribution in [3.8, 4) is 0 Å². The summed E-state index contributed by atoms with van der Waals surface area (Å²) in [7, 11) is 2.52. The average Bonchev–Trinajstić information content (AvgIpc) is 2.82. The van der Waals surface area contributed by atoms with E-state index in [1.54, 1.807) is 4.90 Å². The van der Waals surface area contributed by atoms with E-state index >= 15 is 0 Å². The molecule has 0 radical (unpaired) electrons. The molecular weight excluding hydrogens is 402 g/mol. The number of anilines is 2. The lowest BCUT2D eigenvalue weighted by Crippen LogP contribution is -2.49. The van der Waals surface area contributed by atoms with Gasteiger partial charge in [-0.05, 0) is 24.3 Å². The number of methoxy groups -OCH3 is 2. The van der Waals surface area contributed by atoms with E-state index < -0.39 is 11.9 Å². The highest BCUT2D eigenvalue weighted by Gasteiger charge is 2.32. The molecule has 0 unspecified atom stereocenters. The zero-order chi connectivity index (χ0) is 22.5. The average molecular weight is 431 g/mol. The summed E-state index contributed by atoms with van der Waals surface area (Å²) < 4.78 is 15.2. The first-order valence-electron chi connectivity index (χ1n) is 10.3. The SMILES string of the molecule is COC(=O)C1=C(C(=O)OC)N(c2ccc(N3CCN(C(=O)C(C)C)CC3)cc2)COC1. The Morgan fingerprint density at radius 1 is 0.903 bits per heavy atom. The van der Waals surface area contributed by atoms with E-state index in [4.69, 9.17) is 14.2 Å². The molecule has 0 aliphatic carbocycles. The molecule has 9 nitrogen and oxygen atoms in total. The molecule has 0 N–H and O–H groups in total. The standard InChI is InChI=1S/C22H29N3O6/c1-15(2)20(26)24-11-9-23(10-12-24)16-5-7-17(8-6-16)25-14-31-13-18(21(27)29-3)19(25)22(28)30-4/h5-8,15H,9-14H2,1-4H3. The lowest BCUT2D eigenvalue weighted by molar-refractivity contribution is -0.140. The van der Waals surface area contributed by atoms with Gasteiger partial charge in [-0.15, -0.1) is 0 Å². The minimum atomic E-state index is -0.629. The van der Waals surface area contributed by atoms with Gasteiger partial charge in [-0.25, -0.2) is 9.59 Å². The van der Waals surface area contributed by atoms with Gasteiger partial charge < -0.3 is 28.9 Å². The van der Waals surface area contributed by atoms with Crippen molar-refractivity contribution in [3.63, 3.8) is 0 Å². The first kappa shape index (κ1) is 22.6. The number of hydrogen-bond acceptors (Lipinski definition) is 8. The second-order valence-electron chi connectivity index (χ2n) is 7.70. The monoisotopic (exact) mass is 431 g/mol. The second-order valence-corrected chi connectivity index (χ2v) is 7.70. The summed E-state index contributed by atoms with van der Waals surface area (Å²) in [6.07, 6.45) is 0. The molecule has 0 saturated carbocycles. The van der Waals surface area contributed by atoms with Crippen molar-refractivity contribution in [1.29, 1.82) is 0 Å². The first-order chi connectivity index (χ1) is 14.9. The molecule has 2 aliphatic heterocycles. The van der Waals surface area contributed by atoms with Crippen LogP contribution in [-0.2, 0) is 28.6 Å². The third-order valence-corrected chi connectivity index (χ3v) is 5.44. The van der Waals surface area contributed by atoms with Gasteiger partial charge in [0.2, 0.25) is 5.91 Å². The third-order valence-electron chi connectivity index (χ3n) is 5.44. The second kappa shape index (κ2) is 9.82. The Kier molecular flexibility index (Phi) is 7.17. The third kappa shape index (κ3) is 4.82. The van der Waals surface area contributed by atoms with Crippen molar-refractivity contribution >= 4 is 29.2 Å². The van der Waals surface area contributed by atoms with E-state index in [1.807, 2.05) is 43.0 Å². The number of esters is 2. The molecule has 9 heteroatoms. The molecule has 1 fully saturated rings. The van der Waals surface area contributed by atoms with E-state index in [9.17, 15) is 14.4 Å². The Hall–Kier alpha value is -3.07. The highest BCUT2D eigenvalue weighted by atomic mass is 16.5. The predicted octanol–water partition coefficient (Wildman–Crippen LogP) is 1.39. The molecule has 0 bridgehead atoms. The molecule has 0 spiro atoms. The molecule has 31 heavy (non-hydrogen) atoms. The lowest BCUT2D eigenvalue weighted by atomic mass is 10.1. The topological polar surface area (TPSA) is 88.6 Å². The molecular formula is C22H29N3O6. The zero-order valence-electron chi connectivity index (χ0n) is 18.4. The molecule has 1 aromatic carbocycles. The smallest absolute Gasteiger partial charge is 0.355 e. The maximum atomic E-state index is 12.4. The first-order valence-corrected chi connectivity index (χ1v) is 10.3. The number of hydrogen-bond donors (Lipinski definition) is 0. The van der Waals surface area contributed by atoms with Gasteiger partial charge in [0.15, 0.2) is 0 Å². The van der Waals surface area contributed by atoms with Crippen LogP contribution >= 0.6 is 0 Å². The van der Waals surface area contributed by atoms with Crippen LogP contribution in [0.4, 0.5) is 11.4 Å². The number of benzene rings is 1. The summed E-state index contributed by atoms with van der Waals surface area (Å²) in [6, 6.07) is 7.65. The number of piperazine rings is 1. The van der Waals surface area contributed by atoms with Crippen molar-refractivity contribution < 1.29 is 28.6 Å². The van der Waals surface area contributed by atoms with Gasteiger partial charge in [0, 0.05) is 43.5 Å². The fourth-order valence-corrected chi connectivity index (χ4v) is 3.74. The van der Waals surface area contributed by atoms with E-state index in [0.29, 0.717) is 18.8 Å². The molecule has 3 rings (SSSR count). The van der Waals surface area contributed by atoms with Crippen LogP contribution in [0.25, 0.3) is 0 Å². The quantitative estimate of drug-likeness (QED) is 0.647. The Morgan fingerprint density at radius 2 is 1.48 bits per heavy atom. The van der Waals surface area contributed by atoms with Crippen LogP contribution in [0.5, 0.6) is 0 Å². The van der Waals surface area contributed by atoms with Gasteiger partial charge in [0.05, 0.1) is 26.4 Å². The number of nitrogens with zero attached hydrogens (tertiary/aromatic N) is 3. The fraction of sp³-hybridized carbons (Fsp3) is 0.500. The molecule has 1 aromatic rings. The van der Waals surface area contributed by atoms with Crippen LogP contribution in [0.1, 0.15) is 13.8 Å².